The van der Waals surface area contributed by atoms with Crippen molar-refractivity contribution in [2.24, 2.45) is 11.3 Å². The number of hydrogen-bond acceptors (Lipinski definition) is 3. The fraction of sp³-hybridized carbons (Fsp3) is 0.917. The van der Waals surface area contributed by atoms with Gasteiger partial charge in [-0.1, -0.05) is 6.42 Å². The standard InChI is InChI=1S/C12H21NO2/c1-13-7-2-4-10(8-13)11(15)12(9-14)5-3-6-12/h10,14H,2-9H2,1H3. The summed E-state index contributed by atoms with van der Waals surface area (Å²) in [5.74, 6) is 0.513. The molecule has 1 N–H and O–H groups in total. The van der Waals surface area contributed by atoms with E-state index in [0.717, 1.165) is 45.2 Å². The summed E-state index contributed by atoms with van der Waals surface area (Å²) in [5, 5.41) is 9.37. The van der Waals surface area contributed by atoms with Crippen LogP contribution in [0.15, 0.2) is 0 Å². The highest BCUT2D eigenvalue weighted by molar-refractivity contribution is 5.88. The fourth-order valence-corrected chi connectivity index (χ4v) is 2.90. The quantitative estimate of drug-likeness (QED) is 0.759. The maximum absolute atomic E-state index is 12.3. The summed E-state index contributed by atoms with van der Waals surface area (Å²) in [6, 6.07) is 0. The number of hydrogen-bond donors (Lipinski definition) is 1. The van der Waals surface area contributed by atoms with Gasteiger partial charge in [-0.15, -0.1) is 0 Å². The van der Waals surface area contributed by atoms with Crippen LogP contribution in [0.5, 0.6) is 0 Å². The predicted molar refractivity (Wildman–Crippen MR) is 58.6 cm³/mol. The van der Waals surface area contributed by atoms with Crippen molar-refractivity contribution >= 4 is 5.78 Å². The van der Waals surface area contributed by atoms with E-state index in [9.17, 15) is 9.90 Å². The molecule has 86 valence electrons. The van der Waals surface area contributed by atoms with Crippen molar-refractivity contribution in [1.82, 2.24) is 4.90 Å². The smallest absolute Gasteiger partial charge is 0.145 e. The summed E-state index contributed by atoms with van der Waals surface area (Å²) >= 11 is 0. The first-order valence-corrected chi connectivity index (χ1v) is 6.02. The number of aliphatic hydroxyl groups excluding tert-OH is 1. The molecule has 0 aromatic heterocycles. The molecule has 0 spiro atoms. The second-order valence-electron chi connectivity index (χ2n) is 5.26. The number of carbonyl (C=O) groups is 1. The second kappa shape index (κ2) is 4.22. The predicted octanol–water partition coefficient (Wildman–Crippen LogP) is 1.06. The maximum atomic E-state index is 12.3. The molecule has 1 aliphatic carbocycles. The molecule has 0 aromatic rings. The zero-order chi connectivity index (χ0) is 10.9. The van der Waals surface area contributed by atoms with Crippen molar-refractivity contribution in [3.63, 3.8) is 0 Å². The normalized spacial score (nSPS) is 30.9. The second-order valence-corrected chi connectivity index (χ2v) is 5.26. The lowest BCUT2D eigenvalue weighted by molar-refractivity contribution is -0.143. The van der Waals surface area contributed by atoms with Gasteiger partial charge in [0.1, 0.15) is 5.78 Å². The van der Waals surface area contributed by atoms with Crippen LogP contribution in [0, 0.1) is 11.3 Å². The lowest BCUT2D eigenvalue weighted by atomic mass is 9.63. The van der Waals surface area contributed by atoms with E-state index < -0.39 is 0 Å². The van der Waals surface area contributed by atoms with Crippen LogP contribution < -0.4 is 0 Å². The van der Waals surface area contributed by atoms with E-state index in [1.165, 1.54) is 0 Å². The first-order valence-electron chi connectivity index (χ1n) is 6.02. The number of piperidine rings is 1. The molecular formula is C12H21NO2. The molecule has 2 aliphatic rings. The van der Waals surface area contributed by atoms with Crippen molar-refractivity contribution in [1.29, 1.82) is 0 Å². The Kier molecular flexibility index (Phi) is 3.12. The van der Waals surface area contributed by atoms with Gasteiger partial charge >= 0.3 is 0 Å². The molecule has 3 heteroatoms. The van der Waals surface area contributed by atoms with Crippen molar-refractivity contribution in [3.8, 4) is 0 Å². The van der Waals surface area contributed by atoms with Crippen molar-refractivity contribution in [3.05, 3.63) is 0 Å². The van der Waals surface area contributed by atoms with Gasteiger partial charge in [0.25, 0.3) is 0 Å². The van der Waals surface area contributed by atoms with E-state index in [0.29, 0.717) is 5.78 Å². The zero-order valence-electron chi connectivity index (χ0n) is 9.54. The Balaban J connectivity index is 2.00. The minimum atomic E-state index is -0.344. The van der Waals surface area contributed by atoms with Crippen LogP contribution in [0.1, 0.15) is 32.1 Å². The van der Waals surface area contributed by atoms with Gasteiger partial charge in [-0.25, -0.2) is 0 Å². The Morgan fingerprint density at radius 3 is 2.67 bits per heavy atom. The average Bonchev–Trinajstić information content (AvgIpc) is 2.17. The van der Waals surface area contributed by atoms with E-state index in [-0.39, 0.29) is 17.9 Å². The Bertz CT molecular complexity index is 242. The van der Waals surface area contributed by atoms with Gasteiger partial charge in [-0.3, -0.25) is 4.79 Å². The van der Waals surface area contributed by atoms with E-state index in [4.69, 9.17) is 0 Å². The minimum absolute atomic E-state index is 0.0616. The van der Waals surface area contributed by atoms with E-state index in [2.05, 4.69) is 11.9 Å². The van der Waals surface area contributed by atoms with Gasteiger partial charge in [0.15, 0.2) is 0 Å². The number of ketones is 1. The number of nitrogens with zero attached hydrogens (tertiary/aromatic N) is 1. The summed E-state index contributed by atoms with van der Waals surface area (Å²) in [5.41, 5.74) is -0.344. The van der Waals surface area contributed by atoms with E-state index in [1.807, 2.05) is 0 Å². The number of Topliss-reactive ketones (excluding diaryl/α,β-unsaturated/α-hetero) is 1. The lowest BCUT2D eigenvalue weighted by Crippen LogP contribution is -2.48. The molecule has 1 unspecified atom stereocenters. The fourth-order valence-electron chi connectivity index (χ4n) is 2.90. The van der Waals surface area contributed by atoms with Crippen LogP contribution >= 0.6 is 0 Å². The third kappa shape index (κ3) is 1.95. The largest absolute Gasteiger partial charge is 0.395 e. The number of likely N-dealkylation sites (tertiary alicyclic amines) is 1. The van der Waals surface area contributed by atoms with Crippen LogP contribution in [0.3, 0.4) is 0 Å². The molecule has 1 saturated carbocycles. The highest BCUT2D eigenvalue weighted by atomic mass is 16.3. The van der Waals surface area contributed by atoms with Gasteiger partial charge in [0, 0.05) is 12.5 Å². The Labute approximate surface area is 91.5 Å². The van der Waals surface area contributed by atoms with E-state index >= 15 is 0 Å². The Hall–Kier alpha value is -0.410. The molecule has 1 aliphatic heterocycles. The van der Waals surface area contributed by atoms with Gasteiger partial charge in [0.05, 0.1) is 12.0 Å². The molecule has 3 nitrogen and oxygen atoms in total. The monoisotopic (exact) mass is 211 g/mol. The van der Waals surface area contributed by atoms with Crippen LogP contribution in [0.2, 0.25) is 0 Å². The average molecular weight is 211 g/mol. The molecule has 0 radical (unpaired) electrons. The highest BCUT2D eigenvalue weighted by Gasteiger charge is 2.46. The molecule has 2 fully saturated rings. The van der Waals surface area contributed by atoms with Gasteiger partial charge in [-0.05, 0) is 39.3 Å². The molecule has 1 saturated heterocycles. The number of carbonyl (C=O) groups excluding carboxylic acids is 1. The summed E-state index contributed by atoms with van der Waals surface area (Å²) in [7, 11) is 2.08. The van der Waals surface area contributed by atoms with Crippen molar-refractivity contribution < 1.29 is 9.90 Å². The van der Waals surface area contributed by atoms with Crippen LogP contribution in [-0.4, -0.2) is 42.5 Å². The Morgan fingerprint density at radius 2 is 2.20 bits per heavy atom. The maximum Gasteiger partial charge on any atom is 0.145 e. The highest BCUT2D eigenvalue weighted by Crippen LogP contribution is 2.44. The molecule has 0 bridgehead atoms. The van der Waals surface area contributed by atoms with Crippen molar-refractivity contribution in [2.45, 2.75) is 32.1 Å². The van der Waals surface area contributed by atoms with Gasteiger partial charge < -0.3 is 10.0 Å². The van der Waals surface area contributed by atoms with Gasteiger partial charge in [0.2, 0.25) is 0 Å². The minimum Gasteiger partial charge on any atom is -0.395 e. The number of aliphatic hydroxyl groups is 1. The molecule has 1 heterocycles. The zero-order valence-corrected chi connectivity index (χ0v) is 9.54. The van der Waals surface area contributed by atoms with Crippen LogP contribution in [-0.2, 0) is 4.79 Å². The summed E-state index contributed by atoms with van der Waals surface area (Å²) < 4.78 is 0. The van der Waals surface area contributed by atoms with Crippen molar-refractivity contribution in [2.75, 3.05) is 26.7 Å². The number of rotatable bonds is 3. The molecule has 0 aromatic carbocycles. The molecule has 0 amide bonds. The summed E-state index contributed by atoms with van der Waals surface area (Å²) in [6.07, 6.45) is 5.05. The SMILES string of the molecule is CN1CCCC(C(=O)C2(CO)CCC2)C1. The summed E-state index contributed by atoms with van der Waals surface area (Å²) in [6.45, 7) is 2.06. The third-order valence-electron chi connectivity index (χ3n) is 4.13. The molecule has 2 rings (SSSR count). The first kappa shape index (κ1) is 11.1. The van der Waals surface area contributed by atoms with Crippen LogP contribution in [0.4, 0.5) is 0 Å². The molecule has 1 atom stereocenters. The molecule has 15 heavy (non-hydrogen) atoms. The van der Waals surface area contributed by atoms with E-state index in [1.54, 1.807) is 0 Å². The lowest BCUT2D eigenvalue weighted by Gasteiger charge is -2.42. The molecular weight excluding hydrogens is 190 g/mol. The topological polar surface area (TPSA) is 40.5 Å². The Morgan fingerprint density at radius 1 is 1.47 bits per heavy atom. The summed E-state index contributed by atoms with van der Waals surface area (Å²) in [4.78, 5) is 14.5. The van der Waals surface area contributed by atoms with Crippen LogP contribution in [0.25, 0.3) is 0 Å². The van der Waals surface area contributed by atoms with Gasteiger partial charge in [-0.2, -0.15) is 0 Å². The third-order valence-corrected chi connectivity index (χ3v) is 4.13. The first-order chi connectivity index (χ1) is 7.18.